The normalized spacial score (nSPS) is 10.2. The molecule has 0 heterocycles. The first-order chi connectivity index (χ1) is 5.15. The van der Waals surface area contributed by atoms with Gasteiger partial charge in [-0.1, -0.05) is 0 Å². The summed E-state index contributed by atoms with van der Waals surface area (Å²) in [5.41, 5.74) is 8.02. The van der Waals surface area contributed by atoms with E-state index in [0.29, 0.717) is 6.54 Å². The highest BCUT2D eigenvalue weighted by Gasteiger charge is 2.00. The highest BCUT2D eigenvalue weighted by molar-refractivity contribution is 14.1. The summed E-state index contributed by atoms with van der Waals surface area (Å²) >= 11 is 5.75. The number of aryl methyl sites for hydroxylation is 1. The van der Waals surface area contributed by atoms with E-state index in [-0.39, 0.29) is 0 Å². The molecule has 0 fully saturated rings. The van der Waals surface area contributed by atoms with Gasteiger partial charge >= 0.3 is 0 Å². The van der Waals surface area contributed by atoms with Gasteiger partial charge in [0.05, 0.1) is 0 Å². The van der Waals surface area contributed by atoms with E-state index in [2.05, 4.69) is 57.6 Å². The van der Waals surface area contributed by atoms with Crippen molar-refractivity contribution < 1.29 is 0 Å². The third-order valence-electron chi connectivity index (χ3n) is 1.60. The van der Waals surface area contributed by atoms with E-state index < -0.39 is 0 Å². The van der Waals surface area contributed by atoms with Crippen molar-refractivity contribution in [3.63, 3.8) is 0 Å². The molecule has 3 heteroatoms. The third kappa shape index (κ3) is 2.16. The van der Waals surface area contributed by atoms with Gasteiger partial charge in [0, 0.05) is 14.6 Å². The Labute approximate surface area is 88.6 Å². The van der Waals surface area contributed by atoms with Gasteiger partial charge in [0.15, 0.2) is 0 Å². The van der Waals surface area contributed by atoms with E-state index in [1.54, 1.807) is 0 Å². The van der Waals surface area contributed by atoms with Gasteiger partial charge in [-0.25, -0.2) is 0 Å². The number of rotatable bonds is 1. The Balaban J connectivity index is 3.21. The minimum atomic E-state index is 0.620. The fraction of sp³-hybridized carbons (Fsp3) is 0.250. The van der Waals surface area contributed by atoms with Crippen LogP contribution in [0.3, 0.4) is 0 Å². The van der Waals surface area contributed by atoms with E-state index in [4.69, 9.17) is 5.73 Å². The minimum Gasteiger partial charge on any atom is -0.326 e. The maximum Gasteiger partial charge on any atom is 0.0311 e. The second-order valence-corrected chi connectivity index (χ2v) is 4.41. The van der Waals surface area contributed by atoms with Crippen LogP contribution in [0.25, 0.3) is 0 Å². The molecule has 11 heavy (non-hydrogen) atoms. The monoisotopic (exact) mass is 325 g/mol. The minimum absolute atomic E-state index is 0.620. The molecule has 0 unspecified atom stereocenters. The van der Waals surface area contributed by atoms with Crippen LogP contribution >= 0.6 is 38.5 Å². The van der Waals surface area contributed by atoms with Crippen molar-refractivity contribution in [2.75, 3.05) is 0 Å². The summed E-state index contributed by atoms with van der Waals surface area (Å²) in [5.74, 6) is 0. The van der Waals surface area contributed by atoms with Crippen molar-refractivity contribution >= 4 is 38.5 Å². The van der Waals surface area contributed by atoms with Crippen molar-refractivity contribution in [3.8, 4) is 0 Å². The predicted octanol–water partition coefficient (Wildman–Crippen LogP) is 2.82. The SMILES string of the molecule is Cc1cc(Br)c(I)cc1CN. The standard InChI is InChI=1S/C8H9BrIN/c1-5-2-7(9)8(10)3-6(5)4-11/h2-3H,4,11H2,1H3. The van der Waals surface area contributed by atoms with Crippen LogP contribution in [0, 0.1) is 10.5 Å². The molecular weight excluding hydrogens is 317 g/mol. The van der Waals surface area contributed by atoms with Crippen LogP contribution in [0.2, 0.25) is 0 Å². The first-order valence-electron chi connectivity index (χ1n) is 3.29. The number of nitrogens with two attached hydrogens (primary N) is 1. The fourth-order valence-electron chi connectivity index (χ4n) is 0.907. The van der Waals surface area contributed by atoms with Crippen LogP contribution in [-0.2, 0) is 6.54 Å². The van der Waals surface area contributed by atoms with E-state index in [0.717, 1.165) is 4.47 Å². The lowest BCUT2D eigenvalue weighted by molar-refractivity contribution is 1.04. The predicted molar refractivity (Wildman–Crippen MR) is 59.5 cm³/mol. The highest BCUT2D eigenvalue weighted by Crippen LogP contribution is 2.22. The molecule has 1 aromatic carbocycles. The molecule has 1 aromatic rings. The van der Waals surface area contributed by atoms with Gasteiger partial charge in [0.1, 0.15) is 0 Å². The van der Waals surface area contributed by atoms with Gasteiger partial charge in [-0.15, -0.1) is 0 Å². The molecule has 0 atom stereocenters. The Kier molecular flexibility index (Phi) is 3.33. The van der Waals surface area contributed by atoms with Crippen molar-refractivity contribution in [1.29, 1.82) is 0 Å². The fourth-order valence-corrected chi connectivity index (χ4v) is 1.90. The molecule has 0 radical (unpaired) electrons. The van der Waals surface area contributed by atoms with Crippen LogP contribution in [0.5, 0.6) is 0 Å². The largest absolute Gasteiger partial charge is 0.326 e. The number of hydrogen-bond donors (Lipinski definition) is 1. The second-order valence-electron chi connectivity index (χ2n) is 2.40. The molecule has 0 saturated carbocycles. The molecule has 0 bridgehead atoms. The Bertz CT molecular complexity index is 273. The zero-order valence-corrected chi connectivity index (χ0v) is 9.94. The smallest absolute Gasteiger partial charge is 0.0311 e. The molecule has 0 aliphatic heterocycles. The summed E-state index contributed by atoms with van der Waals surface area (Å²) in [5, 5.41) is 0. The average molecular weight is 326 g/mol. The van der Waals surface area contributed by atoms with E-state index >= 15 is 0 Å². The van der Waals surface area contributed by atoms with Gasteiger partial charge < -0.3 is 5.73 Å². The summed E-state index contributed by atoms with van der Waals surface area (Å²) in [7, 11) is 0. The van der Waals surface area contributed by atoms with Gasteiger partial charge in [0.2, 0.25) is 0 Å². The van der Waals surface area contributed by atoms with Crippen molar-refractivity contribution in [2.24, 2.45) is 5.73 Å². The molecule has 1 nitrogen and oxygen atoms in total. The van der Waals surface area contributed by atoms with E-state index in [1.807, 2.05) is 0 Å². The van der Waals surface area contributed by atoms with Crippen LogP contribution in [0.1, 0.15) is 11.1 Å². The van der Waals surface area contributed by atoms with Gasteiger partial charge in [0.25, 0.3) is 0 Å². The van der Waals surface area contributed by atoms with Crippen LogP contribution in [0.4, 0.5) is 0 Å². The van der Waals surface area contributed by atoms with Crippen molar-refractivity contribution in [1.82, 2.24) is 0 Å². The molecule has 0 aliphatic rings. The Morgan fingerprint density at radius 3 is 2.73 bits per heavy atom. The molecule has 0 aromatic heterocycles. The number of benzene rings is 1. The highest BCUT2D eigenvalue weighted by atomic mass is 127. The average Bonchev–Trinajstić information content (AvgIpc) is 1.97. The Hall–Kier alpha value is 0.390. The van der Waals surface area contributed by atoms with E-state index in [1.165, 1.54) is 14.7 Å². The number of hydrogen-bond acceptors (Lipinski definition) is 1. The second kappa shape index (κ2) is 3.87. The first kappa shape index (κ1) is 9.48. The molecule has 60 valence electrons. The van der Waals surface area contributed by atoms with Gasteiger partial charge in [-0.2, -0.15) is 0 Å². The lowest BCUT2D eigenvalue weighted by Gasteiger charge is -2.04. The number of halogens is 2. The maximum absolute atomic E-state index is 5.55. The summed E-state index contributed by atoms with van der Waals surface area (Å²) in [6.07, 6.45) is 0. The van der Waals surface area contributed by atoms with Crippen LogP contribution < -0.4 is 5.73 Å². The Morgan fingerprint density at radius 2 is 2.18 bits per heavy atom. The summed E-state index contributed by atoms with van der Waals surface area (Å²) in [6.45, 7) is 2.69. The quantitative estimate of drug-likeness (QED) is 0.789. The van der Waals surface area contributed by atoms with Gasteiger partial charge in [-0.05, 0) is 68.7 Å². The molecule has 1 rings (SSSR count). The van der Waals surface area contributed by atoms with Gasteiger partial charge in [-0.3, -0.25) is 0 Å². The molecule has 0 saturated heterocycles. The Morgan fingerprint density at radius 1 is 1.55 bits per heavy atom. The molecular formula is C8H9BrIN. The summed E-state index contributed by atoms with van der Waals surface area (Å²) in [4.78, 5) is 0. The first-order valence-corrected chi connectivity index (χ1v) is 5.17. The molecule has 0 aliphatic carbocycles. The topological polar surface area (TPSA) is 26.0 Å². The summed E-state index contributed by atoms with van der Waals surface area (Å²) in [6, 6.07) is 4.21. The zero-order chi connectivity index (χ0) is 8.43. The maximum atomic E-state index is 5.55. The molecule has 2 N–H and O–H groups in total. The lowest BCUT2D eigenvalue weighted by atomic mass is 10.1. The van der Waals surface area contributed by atoms with Crippen LogP contribution in [-0.4, -0.2) is 0 Å². The van der Waals surface area contributed by atoms with Crippen LogP contribution in [0.15, 0.2) is 16.6 Å². The van der Waals surface area contributed by atoms with Crippen molar-refractivity contribution in [3.05, 3.63) is 31.3 Å². The molecule has 0 spiro atoms. The third-order valence-corrected chi connectivity index (χ3v) is 3.89. The van der Waals surface area contributed by atoms with E-state index in [9.17, 15) is 0 Å². The zero-order valence-electron chi connectivity index (χ0n) is 6.20. The summed E-state index contributed by atoms with van der Waals surface area (Å²) < 4.78 is 2.36. The molecule has 0 amide bonds. The van der Waals surface area contributed by atoms with Crippen molar-refractivity contribution in [2.45, 2.75) is 13.5 Å². The lowest BCUT2D eigenvalue weighted by Crippen LogP contribution is -1.99.